The number of nitrogens with one attached hydrogen (secondary N) is 2. The van der Waals surface area contributed by atoms with Crippen LogP contribution < -0.4 is 15.9 Å². The molecule has 0 rings (SSSR count). The van der Waals surface area contributed by atoms with E-state index in [-0.39, 0.29) is 18.1 Å². The van der Waals surface area contributed by atoms with Crippen LogP contribution in [-0.4, -0.2) is 39.1 Å². The zero-order chi connectivity index (χ0) is 26.7. The molecule has 0 aliphatic rings. The third kappa shape index (κ3) is 25.9. The summed E-state index contributed by atoms with van der Waals surface area (Å²) in [4.78, 5) is 28.0. The van der Waals surface area contributed by atoms with Crippen LogP contribution >= 0.6 is 0 Å². The molecule has 0 aromatic carbocycles. The highest BCUT2D eigenvalue weighted by Crippen LogP contribution is 2.13. The van der Waals surface area contributed by atoms with Gasteiger partial charge in [-0.3, -0.25) is 14.3 Å². The average molecular weight is 534 g/mol. The summed E-state index contributed by atoms with van der Waals surface area (Å²) in [6, 6.07) is 0. The van der Waals surface area contributed by atoms with E-state index >= 15 is 0 Å². The molecule has 36 heavy (non-hydrogen) atoms. The van der Waals surface area contributed by atoms with Gasteiger partial charge in [-0.15, -0.1) is 0 Å². The summed E-state index contributed by atoms with van der Waals surface area (Å²) in [5.41, 5.74) is 0. The first kappa shape index (κ1) is 34.8. The van der Waals surface area contributed by atoms with E-state index in [9.17, 15) is 18.0 Å². The number of carbonyl (C=O) groups excluding carboxylic acids is 2. The lowest BCUT2D eigenvalue weighted by Gasteiger charge is -2.07. The maximum Gasteiger partial charge on any atom is 0.234 e. The Balaban J connectivity index is 3.52. The molecule has 0 atom stereocenters. The first-order valence-electron chi connectivity index (χ1n) is 14.5. The molecule has 9 heteroatoms. The van der Waals surface area contributed by atoms with Crippen molar-refractivity contribution in [1.29, 1.82) is 0 Å². The first-order valence-corrected chi connectivity index (χ1v) is 16.2. The van der Waals surface area contributed by atoms with Gasteiger partial charge in [0.2, 0.25) is 21.8 Å². The molecular weight excluding hydrogens is 478 g/mol. The third-order valence-corrected chi connectivity index (χ3v) is 7.72. The largest absolute Gasteiger partial charge is 0.356 e. The maximum atomic E-state index is 12.1. The normalized spacial score (nSPS) is 11.5. The van der Waals surface area contributed by atoms with Gasteiger partial charge in [-0.25, -0.2) is 14.3 Å². The quantitative estimate of drug-likeness (QED) is 0.0924. The van der Waals surface area contributed by atoms with Crippen LogP contribution in [0.1, 0.15) is 142 Å². The third-order valence-electron chi connectivity index (χ3n) is 6.35. The molecule has 0 radical (unpaired) electrons. The van der Waals surface area contributed by atoms with E-state index in [1.165, 1.54) is 77.0 Å². The maximum absolute atomic E-state index is 12.1. The van der Waals surface area contributed by atoms with Crippen LogP contribution in [0.2, 0.25) is 0 Å². The standard InChI is InChI=1S/C27H55N3O5S/c1-2-3-4-5-6-7-8-9-10-11-12-13-14-15-17-22-27(32)30-36(33,34)25-19-16-18-21-26(31)29-23-20-24-35-28/h2-25,28H2,1H3,(H,29,31)(H,30,32). The fourth-order valence-electron chi connectivity index (χ4n) is 4.16. The second-order valence-electron chi connectivity index (χ2n) is 9.93. The van der Waals surface area contributed by atoms with E-state index in [1.54, 1.807) is 0 Å². The van der Waals surface area contributed by atoms with Gasteiger partial charge in [0.1, 0.15) is 0 Å². The van der Waals surface area contributed by atoms with Crippen LogP contribution in [0.3, 0.4) is 0 Å². The van der Waals surface area contributed by atoms with Crippen molar-refractivity contribution < 1.29 is 22.8 Å². The molecule has 4 N–H and O–H groups in total. The predicted octanol–water partition coefficient (Wildman–Crippen LogP) is 5.65. The molecule has 0 saturated carbocycles. The van der Waals surface area contributed by atoms with Crippen LogP contribution in [0.25, 0.3) is 0 Å². The molecule has 0 spiro atoms. The van der Waals surface area contributed by atoms with Gasteiger partial charge >= 0.3 is 0 Å². The number of sulfonamides is 1. The Morgan fingerprint density at radius 1 is 0.639 bits per heavy atom. The molecule has 0 bridgehead atoms. The SMILES string of the molecule is CCCCCCCCCCCCCCCCCC(=O)NS(=O)(=O)CCCCCC(=O)NCCCON. The summed E-state index contributed by atoms with van der Waals surface area (Å²) >= 11 is 0. The van der Waals surface area contributed by atoms with Gasteiger partial charge in [-0.1, -0.05) is 103 Å². The first-order chi connectivity index (χ1) is 17.4. The van der Waals surface area contributed by atoms with Crippen molar-refractivity contribution >= 4 is 21.8 Å². The van der Waals surface area contributed by atoms with Gasteiger partial charge < -0.3 is 10.2 Å². The highest BCUT2D eigenvalue weighted by molar-refractivity contribution is 7.90. The van der Waals surface area contributed by atoms with E-state index < -0.39 is 15.9 Å². The zero-order valence-corrected chi connectivity index (χ0v) is 23.8. The molecule has 8 nitrogen and oxygen atoms in total. The molecule has 0 saturated heterocycles. The molecular formula is C27H55N3O5S. The predicted molar refractivity (Wildman–Crippen MR) is 148 cm³/mol. The summed E-state index contributed by atoms with van der Waals surface area (Å²) in [5.74, 6) is 4.35. The molecule has 2 amide bonds. The van der Waals surface area contributed by atoms with Crippen molar-refractivity contribution in [3.63, 3.8) is 0 Å². The number of hydrogen-bond donors (Lipinski definition) is 3. The van der Waals surface area contributed by atoms with Gasteiger partial charge in [0, 0.05) is 19.4 Å². The molecule has 0 aromatic rings. The molecule has 0 fully saturated rings. The fourth-order valence-corrected chi connectivity index (χ4v) is 5.29. The van der Waals surface area contributed by atoms with Crippen molar-refractivity contribution in [2.45, 2.75) is 142 Å². The van der Waals surface area contributed by atoms with Gasteiger partial charge in [0.15, 0.2) is 0 Å². The number of rotatable bonds is 27. The Morgan fingerprint density at radius 2 is 1.08 bits per heavy atom. The summed E-state index contributed by atoms with van der Waals surface area (Å²) in [6.45, 7) is 3.16. The van der Waals surface area contributed by atoms with Gasteiger partial charge in [0.05, 0.1) is 12.4 Å². The molecule has 0 unspecified atom stereocenters. The average Bonchev–Trinajstić information content (AvgIpc) is 2.83. The van der Waals surface area contributed by atoms with E-state index in [0.29, 0.717) is 45.3 Å². The van der Waals surface area contributed by atoms with Crippen molar-refractivity contribution in [2.24, 2.45) is 5.90 Å². The van der Waals surface area contributed by atoms with Crippen LogP contribution in [0.4, 0.5) is 0 Å². The number of amides is 2. The van der Waals surface area contributed by atoms with E-state index in [0.717, 1.165) is 19.3 Å². The van der Waals surface area contributed by atoms with Crippen molar-refractivity contribution in [2.75, 3.05) is 18.9 Å². The van der Waals surface area contributed by atoms with Crippen LogP contribution in [0.5, 0.6) is 0 Å². The summed E-state index contributed by atoms with van der Waals surface area (Å²) < 4.78 is 26.3. The lowest BCUT2D eigenvalue weighted by atomic mass is 10.0. The molecule has 0 aliphatic heterocycles. The summed E-state index contributed by atoms with van der Waals surface area (Å²) in [6.07, 6.45) is 21.8. The molecule has 214 valence electrons. The Morgan fingerprint density at radius 3 is 1.58 bits per heavy atom. The summed E-state index contributed by atoms with van der Waals surface area (Å²) in [5, 5.41) is 2.75. The van der Waals surface area contributed by atoms with Crippen LogP contribution in [0, 0.1) is 0 Å². The smallest absolute Gasteiger partial charge is 0.234 e. The van der Waals surface area contributed by atoms with Crippen molar-refractivity contribution in [1.82, 2.24) is 10.0 Å². The number of nitrogens with two attached hydrogens (primary N) is 1. The summed E-state index contributed by atoms with van der Waals surface area (Å²) in [7, 11) is -3.60. The van der Waals surface area contributed by atoms with E-state index in [1.807, 2.05) is 0 Å². The number of hydrogen-bond acceptors (Lipinski definition) is 6. The monoisotopic (exact) mass is 533 g/mol. The second-order valence-corrected chi connectivity index (χ2v) is 11.8. The van der Waals surface area contributed by atoms with E-state index in [2.05, 4.69) is 21.8 Å². The van der Waals surface area contributed by atoms with Crippen molar-refractivity contribution in [3.8, 4) is 0 Å². The fraction of sp³-hybridized carbons (Fsp3) is 0.926. The van der Waals surface area contributed by atoms with Gasteiger partial charge in [-0.05, 0) is 25.7 Å². The molecule has 0 heterocycles. The molecule has 0 aromatic heterocycles. The lowest BCUT2D eigenvalue weighted by Crippen LogP contribution is -2.32. The zero-order valence-electron chi connectivity index (χ0n) is 23.0. The molecule has 0 aliphatic carbocycles. The minimum Gasteiger partial charge on any atom is -0.356 e. The highest BCUT2D eigenvalue weighted by atomic mass is 32.2. The van der Waals surface area contributed by atoms with E-state index in [4.69, 9.17) is 5.90 Å². The number of carbonyl (C=O) groups is 2. The minimum absolute atomic E-state index is 0.0633. The Labute approximate surface area is 221 Å². The number of unbranched alkanes of at least 4 members (excludes halogenated alkanes) is 16. The topological polar surface area (TPSA) is 128 Å². The van der Waals surface area contributed by atoms with Gasteiger partial charge in [0.25, 0.3) is 0 Å². The second kappa shape index (κ2) is 25.5. The van der Waals surface area contributed by atoms with Crippen molar-refractivity contribution in [3.05, 3.63) is 0 Å². The van der Waals surface area contributed by atoms with Crippen LogP contribution in [-0.2, 0) is 24.4 Å². The van der Waals surface area contributed by atoms with Crippen LogP contribution in [0.15, 0.2) is 0 Å². The highest BCUT2D eigenvalue weighted by Gasteiger charge is 2.14. The Hall–Kier alpha value is -1.19. The van der Waals surface area contributed by atoms with Gasteiger partial charge in [-0.2, -0.15) is 0 Å². The Kier molecular flexibility index (Phi) is 24.6. The minimum atomic E-state index is -3.60. The lowest BCUT2D eigenvalue weighted by molar-refractivity contribution is -0.121. The Bertz CT molecular complexity index is 629.